The number of carbonyl (C=O) groups is 3. The predicted octanol–water partition coefficient (Wildman–Crippen LogP) is 3.58. The number of rotatable bonds is 7. The molecule has 1 fully saturated rings. The van der Waals surface area contributed by atoms with Crippen molar-refractivity contribution in [3.8, 4) is 5.75 Å². The van der Waals surface area contributed by atoms with Gasteiger partial charge in [0.05, 0.1) is 11.4 Å². The third-order valence-corrected chi connectivity index (χ3v) is 5.71. The lowest BCUT2D eigenvalue weighted by molar-refractivity contribution is -0.274. The molecule has 0 radical (unpaired) electrons. The fourth-order valence-electron chi connectivity index (χ4n) is 3.89. The molecule has 2 aromatic carbocycles. The molecular formula is C24H26F3N3O6. The Balaban J connectivity index is 1.80. The lowest BCUT2D eigenvalue weighted by atomic mass is 9.88. The molecule has 36 heavy (non-hydrogen) atoms. The van der Waals surface area contributed by atoms with Crippen LogP contribution in [-0.2, 0) is 9.53 Å². The Morgan fingerprint density at radius 1 is 1.14 bits per heavy atom. The summed E-state index contributed by atoms with van der Waals surface area (Å²) in [5.41, 5.74) is 6.22. The standard InChI is InChI=1S/C24H26F3N3O6/c1-14(31)22(33)35-20-13-16(10-11-29(20)2)21(32)15-4-3-5-18(12-15)30(23(28)34)17-6-8-19(9-7-17)36-24(25,26)27/h3-9,12,14,16,20,31H,10-11,13H2,1-2H3,(H2,28,34). The molecule has 0 saturated carbocycles. The molecule has 1 saturated heterocycles. The van der Waals surface area contributed by atoms with E-state index in [1.54, 1.807) is 24.1 Å². The van der Waals surface area contributed by atoms with Crippen molar-refractivity contribution in [3.63, 3.8) is 0 Å². The van der Waals surface area contributed by atoms with Crippen LogP contribution in [0.3, 0.4) is 0 Å². The molecule has 0 aliphatic carbocycles. The van der Waals surface area contributed by atoms with Crippen LogP contribution in [0.25, 0.3) is 0 Å². The summed E-state index contributed by atoms with van der Waals surface area (Å²) in [4.78, 5) is 40.1. The number of likely N-dealkylation sites (tertiary alicyclic amines) is 1. The second kappa shape index (κ2) is 11.0. The summed E-state index contributed by atoms with van der Waals surface area (Å²) in [6.07, 6.45) is -6.11. The lowest BCUT2D eigenvalue weighted by Crippen LogP contribution is -2.45. The fourth-order valence-corrected chi connectivity index (χ4v) is 3.89. The van der Waals surface area contributed by atoms with Crippen molar-refractivity contribution in [3.05, 3.63) is 54.1 Å². The summed E-state index contributed by atoms with van der Waals surface area (Å²) >= 11 is 0. The number of aliphatic hydroxyl groups excluding tert-OH is 1. The monoisotopic (exact) mass is 509 g/mol. The number of aliphatic hydroxyl groups is 1. The molecule has 3 atom stereocenters. The largest absolute Gasteiger partial charge is 0.573 e. The number of ketones is 1. The molecule has 3 rings (SSSR count). The van der Waals surface area contributed by atoms with Gasteiger partial charge in [-0.05, 0) is 56.8 Å². The van der Waals surface area contributed by atoms with E-state index in [2.05, 4.69) is 4.74 Å². The molecule has 3 unspecified atom stereocenters. The van der Waals surface area contributed by atoms with Crippen molar-refractivity contribution in [1.29, 1.82) is 0 Å². The van der Waals surface area contributed by atoms with E-state index >= 15 is 0 Å². The van der Waals surface area contributed by atoms with Crippen LogP contribution in [0.4, 0.5) is 29.3 Å². The predicted molar refractivity (Wildman–Crippen MR) is 123 cm³/mol. The first-order chi connectivity index (χ1) is 16.9. The number of benzene rings is 2. The average Bonchev–Trinajstić information content (AvgIpc) is 2.80. The van der Waals surface area contributed by atoms with Gasteiger partial charge in [-0.1, -0.05) is 12.1 Å². The van der Waals surface area contributed by atoms with Crippen LogP contribution in [0.15, 0.2) is 48.5 Å². The molecule has 1 aliphatic rings. The fraction of sp³-hybridized carbons (Fsp3) is 0.375. The van der Waals surface area contributed by atoms with Gasteiger partial charge in [-0.25, -0.2) is 9.59 Å². The molecule has 2 aromatic rings. The maximum atomic E-state index is 13.3. The molecule has 12 heteroatoms. The summed E-state index contributed by atoms with van der Waals surface area (Å²) in [6.45, 7) is 1.77. The molecule has 0 spiro atoms. The van der Waals surface area contributed by atoms with Crippen LogP contribution in [0.2, 0.25) is 0 Å². The van der Waals surface area contributed by atoms with Gasteiger partial charge in [-0.3, -0.25) is 14.6 Å². The number of esters is 1. The van der Waals surface area contributed by atoms with E-state index < -0.39 is 42.4 Å². The molecule has 3 N–H and O–H groups in total. The van der Waals surface area contributed by atoms with E-state index in [1.807, 2.05) is 0 Å². The Labute approximate surface area is 205 Å². The molecule has 2 amide bonds. The van der Waals surface area contributed by atoms with Gasteiger partial charge >= 0.3 is 18.4 Å². The molecular weight excluding hydrogens is 483 g/mol. The van der Waals surface area contributed by atoms with Crippen molar-refractivity contribution in [2.75, 3.05) is 18.5 Å². The van der Waals surface area contributed by atoms with Gasteiger partial charge in [0.2, 0.25) is 0 Å². The minimum absolute atomic E-state index is 0.172. The number of alkyl halides is 3. The smallest absolute Gasteiger partial charge is 0.444 e. The Morgan fingerprint density at radius 2 is 1.81 bits per heavy atom. The first kappa shape index (κ1) is 27.0. The van der Waals surface area contributed by atoms with Gasteiger partial charge in [-0.2, -0.15) is 0 Å². The topological polar surface area (TPSA) is 122 Å². The number of hydrogen-bond acceptors (Lipinski definition) is 7. The van der Waals surface area contributed by atoms with E-state index in [4.69, 9.17) is 10.5 Å². The van der Waals surface area contributed by atoms with Crippen LogP contribution >= 0.6 is 0 Å². The SMILES string of the molecule is CC(O)C(=O)OC1CC(C(=O)c2cccc(N(C(N)=O)c3ccc(OC(F)(F)F)cc3)c2)CCN1C. The van der Waals surface area contributed by atoms with Gasteiger partial charge in [-0.15, -0.1) is 13.2 Å². The van der Waals surface area contributed by atoms with E-state index in [0.29, 0.717) is 13.0 Å². The van der Waals surface area contributed by atoms with Crippen molar-refractivity contribution in [2.24, 2.45) is 11.7 Å². The van der Waals surface area contributed by atoms with Crippen LogP contribution in [0.1, 0.15) is 30.1 Å². The number of amides is 2. The summed E-state index contributed by atoms with van der Waals surface area (Å²) < 4.78 is 46.5. The maximum Gasteiger partial charge on any atom is 0.573 e. The van der Waals surface area contributed by atoms with Crippen LogP contribution in [0.5, 0.6) is 5.75 Å². The van der Waals surface area contributed by atoms with Gasteiger partial charge < -0.3 is 20.3 Å². The summed E-state index contributed by atoms with van der Waals surface area (Å²) in [5.74, 6) is -1.97. The number of urea groups is 1. The average molecular weight is 509 g/mol. The van der Waals surface area contributed by atoms with Crippen LogP contribution in [-0.4, -0.2) is 60.1 Å². The summed E-state index contributed by atoms with van der Waals surface area (Å²) in [5, 5.41) is 9.42. The minimum Gasteiger partial charge on any atom is -0.444 e. The van der Waals surface area contributed by atoms with Gasteiger partial charge in [0, 0.05) is 24.4 Å². The Morgan fingerprint density at radius 3 is 2.39 bits per heavy atom. The number of anilines is 2. The first-order valence-corrected chi connectivity index (χ1v) is 11.0. The van der Waals surface area contributed by atoms with Crippen molar-refractivity contribution < 1.29 is 42.1 Å². The van der Waals surface area contributed by atoms with E-state index in [9.17, 15) is 32.7 Å². The van der Waals surface area contributed by atoms with Gasteiger partial charge in [0.1, 0.15) is 11.9 Å². The Bertz CT molecular complexity index is 1110. The Kier molecular flexibility index (Phi) is 8.21. The zero-order valence-corrected chi connectivity index (χ0v) is 19.6. The summed E-state index contributed by atoms with van der Waals surface area (Å²) in [7, 11) is 1.75. The van der Waals surface area contributed by atoms with Gasteiger partial charge in [0.25, 0.3) is 0 Å². The molecule has 0 bridgehead atoms. The third kappa shape index (κ3) is 6.73. The van der Waals surface area contributed by atoms with E-state index in [-0.39, 0.29) is 29.1 Å². The maximum absolute atomic E-state index is 13.3. The molecule has 1 aliphatic heterocycles. The Hall–Kier alpha value is -3.64. The van der Waals surface area contributed by atoms with Crippen LogP contribution < -0.4 is 15.4 Å². The van der Waals surface area contributed by atoms with E-state index in [1.165, 1.54) is 31.2 Å². The molecule has 194 valence electrons. The highest BCUT2D eigenvalue weighted by molar-refractivity contribution is 6.02. The number of halogens is 3. The molecule has 0 aromatic heterocycles. The molecule has 9 nitrogen and oxygen atoms in total. The second-order valence-corrected chi connectivity index (χ2v) is 8.40. The first-order valence-electron chi connectivity index (χ1n) is 11.0. The number of nitrogens with zero attached hydrogens (tertiary/aromatic N) is 2. The number of nitrogens with two attached hydrogens (primary N) is 1. The van der Waals surface area contributed by atoms with Crippen molar-refractivity contribution in [1.82, 2.24) is 4.90 Å². The number of Topliss-reactive ketones (excluding diaryl/α,β-unsaturated/α-hetero) is 1. The highest BCUT2D eigenvalue weighted by Gasteiger charge is 2.34. The molecule has 1 heterocycles. The normalized spacial score (nSPS) is 19.3. The highest BCUT2D eigenvalue weighted by atomic mass is 19.4. The number of carbonyl (C=O) groups excluding carboxylic acids is 3. The summed E-state index contributed by atoms with van der Waals surface area (Å²) in [6, 6.07) is 9.76. The number of primary amides is 1. The highest BCUT2D eigenvalue weighted by Crippen LogP contribution is 2.32. The number of piperidine rings is 1. The minimum atomic E-state index is -4.86. The zero-order chi connectivity index (χ0) is 26.6. The quantitative estimate of drug-likeness (QED) is 0.432. The van der Waals surface area contributed by atoms with Crippen LogP contribution in [0, 0.1) is 5.92 Å². The third-order valence-electron chi connectivity index (χ3n) is 5.71. The zero-order valence-electron chi connectivity index (χ0n) is 19.6. The van der Waals surface area contributed by atoms with Crippen molar-refractivity contribution in [2.45, 2.75) is 38.5 Å². The second-order valence-electron chi connectivity index (χ2n) is 8.40. The number of hydrogen-bond donors (Lipinski definition) is 2. The lowest BCUT2D eigenvalue weighted by Gasteiger charge is -2.36. The van der Waals surface area contributed by atoms with Gasteiger partial charge in [0.15, 0.2) is 12.0 Å². The number of ether oxygens (including phenoxy) is 2. The van der Waals surface area contributed by atoms with Crippen molar-refractivity contribution >= 4 is 29.2 Å². The van der Waals surface area contributed by atoms with E-state index in [0.717, 1.165) is 17.0 Å².